The summed E-state index contributed by atoms with van der Waals surface area (Å²) < 4.78 is 28.4. The summed E-state index contributed by atoms with van der Waals surface area (Å²) in [5.41, 5.74) is 0.206. The summed E-state index contributed by atoms with van der Waals surface area (Å²) in [4.78, 5) is 0. The Labute approximate surface area is 71.7 Å². The third kappa shape index (κ3) is 2.03. The molecule has 0 spiro atoms. The predicted molar refractivity (Wildman–Crippen MR) is 43.4 cm³/mol. The maximum atomic E-state index is 9.20. The lowest BCUT2D eigenvalue weighted by Crippen LogP contribution is -2.08. The van der Waals surface area contributed by atoms with E-state index in [1.807, 2.05) is 0 Å². The molecule has 1 aromatic rings. The van der Waals surface area contributed by atoms with Gasteiger partial charge < -0.3 is 10.2 Å². The van der Waals surface area contributed by atoms with Crippen molar-refractivity contribution in [3.8, 4) is 0 Å². The molecule has 0 unspecified atom stereocenters. The van der Waals surface area contributed by atoms with Gasteiger partial charge in [0.15, 0.2) is 0 Å². The molecule has 0 fully saturated rings. The smallest absolute Gasteiger partial charge is 0.0571 e. The molecule has 11 heavy (non-hydrogen) atoms. The lowest BCUT2D eigenvalue weighted by Gasteiger charge is -2.09. The normalized spacial score (nSPS) is 18.5. The van der Waals surface area contributed by atoms with E-state index in [4.69, 9.17) is 5.48 Å². The van der Waals surface area contributed by atoms with Crippen molar-refractivity contribution in [2.24, 2.45) is 0 Å². The fourth-order valence-corrected chi connectivity index (χ4v) is 0.823. The van der Waals surface area contributed by atoms with E-state index in [9.17, 15) is 10.2 Å². The summed E-state index contributed by atoms with van der Waals surface area (Å²) in [5.74, 6) is -1.63. The highest BCUT2D eigenvalue weighted by atomic mass is 16.3. The zero-order chi connectivity index (χ0) is 11.7. The molecule has 0 aliphatic heterocycles. The van der Waals surface area contributed by atoms with Gasteiger partial charge in [0.25, 0.3) is 0 Å². The zero-order valence-corrected chi connectivity index (χ0v) is 5.86. The molecule has 0 heterocycles. The highest BCUT2D eigenvalue weighted by Crippen LogP contribution is 2.12. The minimum Gasteiger partial charge on any atom is -0.396 e. The Morgan fingerprint density at radius 1 is 1.18 bits per heavy atom. The van der Waals surface area contributed by atoms with Gasteiger partial charge in [0, 0.05) is 5.92 Å². The Hall–Kier alpha value is -0.860. The molecule has 60 valence electrons. The highest BCUT2D eigenvalue weighted by molar-refractivity contribution is 5.19. The monoisotopic (exact) mass is 156 g/mol. The van der Waals surface area contributed by atoms with Gasteiger partial charge in [0.1, 0.15) is 0 Å². The summed E-state index contributed by atoms with van der Waals surface area (Å²) in [6.45, 7) is -5.64. The summed E-state index contributed by atoms with van der Waals surface area (Å²) in [6, 6.07) is 7.75. The van der Waals surface area contributed by atoms with Crippen molar-refractivity contribution >= 4 is 0 Å². The van der Waals surface area contributed by atoms with E-state index in [0.717, 1.165) is 0 Å². The molecular formula is C9H12O2. The molecule has 0 saturated heterocycles. The molecular weight excluding hydrogens is 140 g/mol. The molecule has 2 nitrogen and oxygen atoms in total. The van der Waals surface area contributed by atoms with Crippen LogP contribution in [0.5, 0.6) is 0 Å². The van der Waals surface area contributed by atoms with Crippen molar-refractivity contribution in [1.29, 1.82) is 0 Å². The Morgan fingerprint density at radius 2 is 1.73 bits per heavy atom. The van der Waals surface area contributed by atoms with Gasteiger partial charge in [-0.05, 0) is 5.56 Å². The summed E-state index contributed by atoms with van der Waals surface area (Å²) in [5, 5.41) is 18.4. The van der Waals surface area contributed by atoms with Crippen molar-refractivity contribution in [2.75, 3.05) is 13.1 Å². The average Bonchev–Trinajstić information content (AvgIpc) is 2.00. The number of hydrogen-bond acceptors (Lipinski definition) is 2. The molecule has 1 rings (SSSR count). The van der Waals surface area contributed by atoms with Gasteiger partial charge in [-0.15, -0.1) is 0 Å². The summed E-state index contributed by atoms with van der Waals surface area (Å²) >= 11 is 0. The molecule has 1 aromatic carbocycles. The minimum absolute atomic E-state index is 0.206. The maximum absolute atomic E-state index is 9.20. The molecule has 0 amide bonds. The van der Waals surface area contributed by atoms with Gasteiger partial charge in [-0.3, -0.25) is 0 Å². The molecule has 2 heteroatoms. The van der Waals surface area contributed by atoms with Gasteiger partial charge in [-0.25, -0.2) is 0 Å². The minimum atomic E-state index is -2.82. The van der Waals surface area contributed by atoms with Crippen LogP contribution in [-0.2, 0) is 0 Å². The van der Waals surface area contributed by atoms with Crippen molar-refractivity contribution < 1.29 is 15.7 Å². The number of benzene rings is 1. The largest absolute Gasteiger partial charge is 0.396 e. The SMILES string of the molecule is [2H]C([2H])(O)C(c1ccccc1)C([2H])([2H])O. The van der Waals surface area contributed by atoms with E-state index < -0.39 is 19.0 Å². The van der Waals surface area contributed by atoms with Crippen molar-refractivity contribution in [3.05, 3.63) is 35.9 Å². The zero-order valence-electron chi connectivity index (χ0n) is 9.86. The fourth-order valence-electron chi connectivity index (χ4n) is 0.823. The van der Waals surface area contributed by atoms with Crippen LogP contribution in [0, 0.1) is 0 Å². The van der Waals surface area contributed by atoms with E-state index in [0.29, 0.717) is 0 Å². The van der Waals surface area contributed by atoms with Crippen LogP contribution in [0.3, 0.4) is 0 Å². The first-order valence-corrected chi connectivity index (χ1v) is 3.22. The van der Waals surface area contributed by atoms with Crippen molar-refractivity contribution in [1.82, 2.24) is 0 Å². The van der Waals surface area contributed by atoms with Crippen LogP contribution >= 0.6 is 0 Å². The van der Waals surface area contributed by atoms with Crippen LogP contribution in [0.1, 0.15) is 17.0 Å². The molecule has 2 N–H and O–H groups in total. The Kier molecular flexibility index (Phi) is 1.58. The summed E-state index contributed by atoms with van der Waals surface area (Å²) in [6.07, 6.45) is 0. The number of rotatable bonds is 3. The maximum Gasteiger partial charge on any atom is 0.0571 e. The van der Waals surface area contributed by atoms with E-state index in [1.165, 1.54) is 12.1 Å². The second-order valence-corrected chi connectivity index (χ2v) is 2.10. The van der Waals surface area contributed by atoms with E-state index in [-0.39, 0.29) is 5.56 Å². The first kappa shape index (κ1) is 4.24. The Morgan fingerprint density at radius 3 is 2.18 bits per heavy atom. The second-order valence-electron chi connectivity index (χ2n) is 2.10. The first-order valence-electron chi connectivity index (χ1n) is 5.22. The Balaban J connectivity index is 3.15. The standard InChI is InChI=1S/C9H12O2/c10-6-9(7-11)8-4-2-1-3-5-8/h1-5,9-11H,6-7H2/i6D2,7D2. The molecule has 0 radical (unpaired) electrons. The van der Waals surface area contributed by atoms with Crippen LogP contribution < -0.4 is 0 Å². The van der Waals surface area contributed by atoms with Crippen molar-refractivity contribution in [3.63, 3.8) is 0 Å². The van der Waals surface area contributed by atoms with Gasteiger partial charge in [0.2, 0.25) is 0 Å². The number of aliphatic hydroxyl groups is 2. The molecule has 0 aliphatic carbocycles. The number of hydrogen-bond donors (Lipinski definition) is 2. The Bertz CT molecular complexity index is 301. The molecule has 0 aliphatic rings. The van der Waals surface area contributed by atoms with E-state index in [1.54, 1.807) is 18.2 Å². The summed E-state index contributed by atoms with van der Waals surface area (Å²) in [7, 11) is 0. The first-order chi connectivity index (χ1) is 6.73. The highest BCUT2D eigenvalue weighted by Gasteiger charge is 2.06. The third-order valence-electron chi connectivity index (χ3n) is 1.39. The lowest BCUT2D eigenvalue weighted by atomic mass is 10.0. The van der Waals surface area contributed by atoms with E-state index >= 15 is 0 Å². The van der Waals surface area contributed by atoms with Crippen LogP contribution in [0.2, 0.25) is 0 Å². The molecule has 0 aromatic heterocycles. The van der Waals surface area contributed by atoms with Crippen LogP contribution in [0.25, 0.3) is 0 Å². The topological polar surface area (TPSA) is 40.5 Å². The molecule has 0 bridgehead atoms. The van der Waals surface area contributed by atoms with Crippen LogP contribution in [0.15, 0.2) is 30.3 Å². The molecule has 0 atom stereocenters. The van der Waals surface area contributed by atoms with Gasteiger partial charge >= 0.3 is 0 Å². The molecule has 0 saturated carbocycles. The second kappa shape index (κ2) is 4.11. The third-order valence-corrected chi connectivity index (χ3v) is 1.39. The van der Waals surface area contributed by atoms with Crippen LogP contribution in [-0.4, -0.2) is 23.3 Å². The quantitative estimate of drug-likeness (QED) is 0.678. The van der Waals surface area contributed by atoms with Crippen molar-refractivity contribution in [2.45, 2.75) is 5.92 Å². The average molecular weight is 156 g/mol. The van der Waals surface area contributed by atoms with E-state index in [2.05, 4.69) is 0 Å². The lowest BCUT2D eigenvalue weighted by molar-refractivity contribution is 0.192. The van der Waals surface area contributed by atoms with Crippen LogP contribution in [0.4, 0.5) is 0 Å². The predicted octanol–water partition coefficient (Wildman–Crippen LogP) is 0.755. The fraction of sp³-hybridized carbons (Fsp3) is 0.333. The van der Waals surface area contributed by atoms with Gasteiger partial charge in [-0.1, -0.05) is 30.3 Å². The van der Waals surface area contributed by atoms with Gasteiger partial charge in [-0.2, -0.15) is 0 Å². The van der Waals surface area contributed by atoms with Gasteiger partial charge in [0.05, 0.1) is 18.6 Å².